The molecule has 0 radical (unpaired) electrons. The lowest BCUT2D eigenvalue weighted by Crippen LogP contribution is -2.40. The molecule has 19 heavy (non-hydrogen) atoms. The van der Waals surface area contributed by atoms with Gasteiger partial charge in [0.05, 0.1) is 23.4 Å². The van der Waals surface area contributed by atoms with Crippen LogP contribution in [0.1, 0.15) is 20.3 Å². The van der Waals surface area contributed by atoms with Crippen LogP contribution in [-0.2, 0) is 4.79 Å². The molecule has 2 aromatic rings. The maximum Gasteiger partial charge on any atom is 0.241 e. The van der Waals surface area contributed by atoms with E-state index in [9.17, 15) is 4.79 Å². The second kappa shape index (κ2) is 5.80. The van der Waals surface area contributed by atoms with Crippen molar-refractivity contribution in [1.82, 2.24) is 4.98 Å². The van der Waals surface area contributed by atoms with E-state index in [0.717, 1.165) is 17.3 Å². The predicted octanol–water partition coefficient (Wildman–Crippen LogP) is 2.55. The minimum absolute atomic E-state index is 0.161. The van der Waals surface area contributed by atoms with Crippen molar-refractivity contribution in [2.24, 2.45) is 11.7 Å². The van der Waals surface area contributed by atoms with Crippen molar-refractivity contribution in [3.05, 3.63) is 36.5 Å². The lowest BCUT2D eigenvalue weighted by molar-refractivity contribution is -0.118. The maximum absolute atomic E-state index is 12.0. The van der Waals surface area contributed by atoms with Crippen molar-refractivity contribution < 1.29 is 4.79 Å². The summed E-state index contributed by atoms with van der Waals surface area (Å²) in [5.74, 6) is -0.000142. The Kier molecular flexibility index (Phi) is 4.12. The molecule has 3 N–H and O–H groups in total. The minimum atomic E-state index is -0.489. The van der Waals surface area contributed by atoms with Crippen molar-refractivity contribution in [2.75, 3.05) is 5.32 Å². The van der Waals surface area contributed by atoms with Crippen LogP contribution in [0.5, 0.6) is 0 Å². The van der Waals surface area contributed by atoms with Gasteiger partial charge in [-0.05, 0) is 18.1 Å². The lowest BCUT2D eigenvalue weighted by atomic mass is 9.99. The molecule has 0 aliphatic carbocycles. The molecule has 0 spiro atoms. The number of anilines is 1. The van der Waals surface area contributed by atoms with Gasteiger partial charge in [-0.3, -0.25) is 9.78 Å². The molecule has 1 heterocycles. The van der Waals surface area contributed by atoms with Crippen LogP contribution in [0.15, 0.2) is 36.5 Å². The zero-order valence-electron chi connectivity index (χ0n) is 11.3. The molecule has 1 aromatic heterocycles. The van der Waals surface area contributed by atoms with E-state index >= 15 is 0 Å². The monoisotopic (exact) mass is 257 g/mol. The van der Waals surface area contributed by atoms with E-state index in [2.05, 4.69) is 10.3 Å². The van der Waals surface area contributed by atoms with Crippen molar-refractivity contribution >= 4 is 22.5 Å². The third kappa shape index (κ3) is 3.09. The molecule has 0 saturated heterocycles. The van der Waals surface area contributed by atoms with Crippen LogP contribution in [0.2, 0.25) is 0 Å². The third-order valence-corrected chi connectivity index (χ3v) is 3.42. The number of benzene rings is 1. The van der Waals surface area contributed by atoms with Crippen LogP contribution in [0, 0.1) is 5.92 Å². The molecule has 0 aliphatic rings. The molecule has 2 atom stereocenters. The summed E-state index contributed by atoms with van der Waals surface area (Å²) in [6, 6.07) is 9.20. The molecule has 1 amide bonds. The second-order valence-electron chi connectivity index (χ2n) is 4.82. The fraction of sp³-hybridized carbons (Fsp3) is 0.333. The number of nitrogens with two attached hydrogens (primary N) is 1. The normalized spacial score (nSPS) is 14.1. The van der Waals surface area contributed by atoms with E-state index in [1.165, 1.54) is 0 Å². The Bertz CT molecular complexity index is 582. The number of hydrogen-bond donors (Lipinski definition) is 2. The zero-order valence-corrected chi connectivity index (χ0v) is 11.3. The number of hydrogen-bond acceptors (Lipinski definition) is 3. The van der Waals surface area contributed by atoms with Gasteiger partial charge in [-0.1, -0.05) is 38.5 Å². The Balaban J connectivity index is 2.15. The van der Waals surface area contributed by atoms with Crippen LogP contribution >= 0.6 is 0 Å². The number of amides is 1. The van der Waals surface area contributed by atoms with Crippen LogP contribution in [0.25, 0.3) is 10.9 Å². The van der Waals surface area contributed by atoms with Gasteiger partial charge >= 0.3 is 0 Å². The topological polar surface area (TPSA) is 68.0 Å². The van der Waals surface area contributed by atoms with Crippen LogP contribution in [0.3, 0.4) is 0 Å². The third-order valence-electron chi connectivity index (χ3n) is 3.42. The van der Waals surface area contributed by atoms with E-state index in [0.29, 0.717) is 5.69 Å². The highest BCUT2D eigenvalue weighted by Crippen LogP contribution is 2.16. The molecule has 0 unspecified atom stereocenters. The van der Waals surface area contributed by atoms with Gasteiger partial charge in [0.2, 0.25) is 5.91 Å². The largest absolute Gasteiger partial charge is 0.323 e. The highest BCUT2D eigenvalue weighted by Gasteiger charge is 2.19. The summed E-state index contributed by atoms with van der Waals surface area (Å²) in [4.78, 5) is 16.3. The van der Waals surface area contributed by atoms with Crippen LogP contribution in [0.4, 0.5) is 5.69 Å². The predicted molar refractivity (Wildman–Crippen MR) is 77.8 cm³/mol. The zero-order chi connectivity index (χ0) is 13.8. The quantitative estimate of drug-likeness (QED) is 0.884. The summed E-state index contributed by atoms with van der Waals surface area (Å²) in [6.45, 7) is 4.00. The second-order valence-corrected chi connectivity index (χ2v) is 4.82. The van der Waals surface area contributed by atoms with E-state index in [1.54, 1.807) is 6.20 Å². The summed E-state index contributed by atoms with van der Waals surface area (Å²) in [7, 11) is 0. The van der Waals surface area contributed by atoms with Crippen molar-refractivity contribution in [3.8, 4) is 0 Å². The average Bonchev–Trinajstić information content (AvgIpc) is 2.45. The Labute approximate surface area is 113 Å². The van der Waals surface area contributed by atoms with Gasteiger partial charge in [-0.25, -0.2) is 0 Å². The number of para-hydroxylation sites is 1. The fourth-order valence-electron chi connectivity index (χ4n) is 1.88. The Morgan fingerprint density at radius 1 is 1.42 bits per heavy atom. The molecule has 4 heteroatoms. The molecule has 0 saturated carbocycles. The van der Waals surface area contributed by atoms with Gasteiger partial charge in [0.15, 0.2) is 0 Å². The van der Waals surface area contributed by atoms with Gasteiger partial charge < -0.3 is 11.1 Å². The number of carbonyl (C=O) groups is 1. The van der Waals surface area contributed by atoms with Gasteiger partial charge in [0.1, 0.15) is 0 Å². The first-order valence-electron chi connectivity index (χ1n) is 6.53. The summed E-state index contributed by atoms with van der Waals surface area (Å²) in [6.07, 6.45) is 2.54. The minimum Gasteiger partial charge on any atom is -0.323 e. The first kappa shape index (κ1) is 13.5. The van der Waals surface area contributed by atoms with E-state index in [4.69, 9.17) is 5.73 Å². The number of aromatic nitrogens is 1. The Hall–Kier alpha value is -1.94. The highest BCUT2D eigenvalue weighted by molar-refractivity contribution is 5.96. The fourth-order valence-corrected chi connectivity index (χ4v) is 1.88. The molecule has 100 valence electrons. The first-order chi connectivity index (χ1) is 9.11. The van der Waals surface area contributed by atoms with Gasteiger partial charge in [0.25, 0.3) is 0 Å². The lowest BCUT2D eigenvalue weighted by Gasteiger charge is -2.17. The number of fused-ring (bicyclic) bond motifs is 1. The number of rotatable bonds is 4. The average molecular weight is 257 g/mol. The molecule has 0 bridgehead atoms. The van der Waals surface area contributed by atoms with Gasteiger partial charge in [0, 0.05) is 5.39 Å². The van der Waals surface area contributed by atoms with Gasteiger partial charge in [-0.15, -0.1) is 0 Å². The van der Waals surface area contributed by atoms with Crippen molar-refractivity contribution in [1.29, 1.82) is 0 Å². The van der Waals surface area contributed by atoms with E-state index < -0.39 is 6.04 Å². The van der Waals surface area contributed by atoms with E-state index in [-0.39, 0.29) is 11.8 Å². The number of carbonyl (C=O) groups excluding carboxylic acids is 1. The standard InChI is InChI=1S/C15H19N3O/c1-3-10(2)14(16)15(19)18-12-8-11-6-4-5-7-13(11)17-9-12/h4-10,14H,3,16H2,1-2H3,(H,18,19)/t10-,14-/m0/s1. The number of pyridine rings is 1. The number of nitrogens with zero attached hydrogens (tertiary/aromatic N) is 1. The van der Waals surface area contributed by atoms with Gasteiger partial charge in [-0.2, -0.15) is 0 Å². The number of nitrogens with one attached hydrogen (secondary N) is 1. The summed E-state index contributed by atoms with van der Waals surface area (Å²) >= 11 is 0. The summed E-state index contributed by atoms with van der Waals surface area (Å²) in [5.41, 5.74) is 7.49. The molecular formula is C15H19N3O. The molecule has 4 nitrogen and oxygen atoms in total. The molecule has 0 aliphatic heterocycles. The van der Waals surface area contributed by atoms with Crippen molar-refractivity contribution in [3.63, 3.8) is 0 Å². The Morgan fingerprint density at radius 2 is 2.16 bits per heavy atom. The molecule has 0 fully saturated rings. The summed E-state index contributed by atoms with van der Waals surface area (Å²) in [5, 5.41) is 3.82. The maximum atomic E-state index is 12.0. The highest BCUT2D eigenvalue weighted by atomic mass is 16.2. The SMILES string of the molecule is CC[C@H](C)[C@H](N)C(=O)Nc1cnc2ccccc2c1. The van der Waals surface area contributed by atoms with Crippen LogP contribution in [-0.4, -0.2) is 16.9 Å². The van der Waals surface area contributed by atoms with E-state index in [1.807, 2.05) is 44.2 Å². The molecule has 1 aromatic carbocycles. The molecular weight excluding hydrogens is 238 g/mol. The summed E-state index contributed by atoms with van der Waals surface area (Å²) < 4.78 is 0. The van der Waals surface area contributed by atoms with Crippen molar-refractivity contribution in [2.45, 2.75) is 26.3 Å². The Morgan fingerprint density at radius 3 is 2.89 bits per heavy atom. The smallest absolute Gasteiger partial charge is 0.241 e. The van der Waals surface area contributed by atoms with Crippen LogP contribution < -0.4 is 11.1 Å². The first-order valence-corrected chi connectivity index (χ1v) is 6.53. The molecule has 2 rings (SSSR count).